The Hall–Kier alpha value is -1.69. The Kier molecular flexibility index (Phi) is 5.88. The smallest absolute Gasteiger partial charge is 0.335 e. The second-order valence-electron chi connectivity index (χ2n) is 4.97. The molecule has 1 aromatic carbocycles. The lowest BCUT2D eigenvalue weighted by atomic mass is 10.1. The summed E-state index contributed by atoms with van der Waals surface area (Å²) in [5, 5.41) is 11.7. The molecule has 0 spiro atoms. The molecule has 0 aliphatic carbocycles. The highest BCUT2D eigenvalue weighted by Crippen LogP contribution is 2.14. The Bertz CT molecular complexity index is 540. The molecule has 110 valence electrons. The number of benzene rings is 1. The summed E-state index contributed by atoms with van der Waals surface area (Å²) < 4.78 is 12.0. The quantitative estimate of drug-likeness (QED) is 0.835. The highest BCUT2D eigenvalue weighted by Gasteiger charge is 2.14. The van der Waals surface area contributed by atoms with Gasteiger partial charge in [0.25, 0.3) is 0 Å². The molecule has 20 heavy (non-hydrogen) atoms. The van der Waals surface area contributed by atoms with Gasteiger partial charge in [-0.1, -0.05) is 19.9 Å². The van der Waals surface area contributed by atoms with Crippen LogP contribution in [0.3, 0.4) is 0 Å². The minimum atomic E-state index is -1.54. The molecule has 5 nitrogen and oxygen atoms in total. The molecule has 0 saturated carbocycles. The Balaban J connectivity index is 2.75. The fourth-order valence-corrected chi connectivity index (χ4v) is 2.52. The summed E-state index contributed by atoms with van der Waals surface area (Å²) in [5.74, 6) is -1.19. The molecule has 1 rings (SSSR count). The van der Waals surface area contributed by atoms with Crippen molar-refractivity contribution in [3.63, 3.8) is 0 Å². The van der Waals surface area contributed by atoms with Gasteiger partial charge in [0.1, 0.15) is 5.75 Å². The standard InChI is InChI=1S/C14H19NO4S/c1-9(2)7-15-13(16)8-20(19)11-5-4-10(3)12(6-11)14(17)18/h4-6,9H,7-8H2,1-3H3,(H,15,16)(H,17,18). The van der Waals surface area contributed by atoms with Crippen LogP contribution in [0.1, 0.15) is 29.8 Å². The van der Waals surface area contributed by atoms with Gasteiger partial charge in [-0.25, -0.2) is 4.79 Å². The van der Waals surface area contributed by atoms with Crippen molar-refractivity contribution in [2.45, 2.75) is 25.7 Å². The first-order chi connectivity index (χ1) is 9.31. The third-order valence-electron chi connectivity index (χ3n) is 2.67. The van der Waals surface area contributed by atoms with Crippen molar-refractivity contribution in [2.75, 3.05) is 12.3 Å². The van der Waals surface area contributed by atoms with Gasteiger partial charge < -0.3 is 10.4 Å². The van der Waals surface area contributed by atoms with Crippen LogP contribution in [0, 0.1) is 12.8 Å². The van der Waals surface area contributed by atoms with E-state index in [9.17, 15) is 13.8 Å². The summed E-state index contributed by atoms with van der Waals surface area (Å²) in [6.45, 7) is 6.14. The maximum Gasteiger partial charge on any atom is 0.335 e. The van der Waals surface area contributed by atoms with Gasteiger partial charge in [-0.2, -0.15) is 0 Å². The zero-order chi connectivity index (χ0) is 15.3. The van der Waals surface area contributed by atoms with E-state index in [0.717, 1.165) is 0 Å². The number of carboxylic acid groups (broad SMARTS) is 1. The highest BCUT2D eigenvalue weighted by molar-refractivity contribution is 7.85. The normalized spacial score (nSPS) is 12.2. The van der Waals surface area contributed by atoms with Crippen molar-refractivity contribution < 1.29 is 18.9 Å². The van der Waals surface area contributed by atoms with Crippen LogP contribution in [0.5, 0.6) is 0 Å². The first-order valence-corrected chi connectivity index (χ1v) is 7.62. The Morgan fingerprint density at radius 1 is 1.35 bits per heavy atom. The number of amides is 1. The summed E-state index contributed by atoms with van der Waals surface area (Å²) in [4.78, 5) is 23.0. The number of carboxylic acids is 1. The highest BCUT2D eigenvalue weighted by atomic mass is 32.2. The number of hydrogen-bond donors (Lipinski definition) is 2. The maximum absolute atomic E-state index is 12.0. The molecule has 2 N–H and O–H groups in total. The van der Waals surface area contributed by atoms with Crippen molar-refractivity contribution in [1.29, 1.82) is 0 Å². The van der Waals surface area contributed by atoms with Crippen LogP contribution in [0.15, 0.2) is 23.1 Å². The molecule has 1 unspecified atom stereocenters. The van der Waals surface area contributed by atoms with Crippen molar-refractivity contribution in [1.82, 2.24) is 5.32 Å². The average Bonchev–Trinajstić information content (AvgIpc) is 2.36. The molecule has 0 bridgehead atoms. The molecule has 0 aliphatic heterocycles. The van der Waals surface area contributed by atoms with Crippen molar-refractivity contribution in [3.05, 3.63) is 29.3 Å². The Labute approximate surface area is 120 Å². The molecule has 0 fully saturated rings. The zero-order valence-electron chi connectivity index (χ0n) is 11.8. The molecule has 0 radical (unpaired) electrons. The second kappa shape index (κ2) is 7.19. The monoisotopic (exact) mass is 297 g/mol. The number of carbonyl (C=O) groups is 2. The van der Waals surface area contributed by atoms with Crippen LogP contribution in [-0.2, 0) is 15.6 Å². The van der Waals surface area contributed by atoms with Gasteiger partial charge in [0.2, 0.25) is 5.91 Å². The maximum atomic E-state index is 12.0. The molecule has 0 heterocycles. The molecule has 0 saturated heterocycles. The second-order valence-corrected chi connectivity index (χ2v) is 6.42. The van der Waals surface area contributed by atoms with E-state index >= 15 is 0 Å². The molecule has 1 aromatic rings. The molecule has 0 aliphatic rings. The van der Waals surface area contributed by atoms with Gasteiger partial charge in [0.05, 0.1) is 16.4 Å². The van der Waals surface area contributed by atoms with Crippen LogP contribution >= 0.6 is 0 Å². The van der Waals surface area contributed by atoms with E-state index in [0.29, 0.717) is 22.9 Å². The van der Waals surface area contributed by atoms with Gasteiger partial charge in [0, 0.05) is 11.4 Å². The van der Waals surface area contributed by atoms with E-state index in [-0.39, 0.29) is 17.2 Å². The summed E-state index contributed by atoms with van der Waals surface area (Å²) in [5.41, 5.74) is 0.709. The zero-order valence-corrected chi connectivity index (χ0v) is 12.6. The lowest BCUT2D eigenvalue weighted by Crippen LogP contribution is -2.31. The SMILES string of the molecule is Cc1ccc(S(=O)CC(=O)NCC(C)C)cc1C(=O)O. The Morgan fingerprint density at radius 2 is 2.00 bits per heavy atom. The lowest BCUT2D eigenvalue weighted by Gasteiger charge is -2.08. The summed E-state index contributed by atoms with van der Waals surface area (Å²) in [6.07, 6.45) is 0. The molecule has 1 atom stereocenters. The third-order valence-corrected chi connectivity index (χ3v) is 3.98. The minimum absolute atomic E-state index is 0.110. The summed E-state index contributed by atoms with van der Waals surface area (Å²) in [7, 11) is -1.54. The fourth-order valence-electron chi connectivity index (χ4n) is 1.54. The van der Waals surface area contributed by atoms with Crippen molar-refractivity contribution in [3.8, 4) is 0 Å². The van der Waals surface area contributed by atoms with Crippen LogP contribution < -0.4 is 5.32 Å². The van der Waals surface area contributed by atoms with Crippen molar-refractivity contribution in [2.24, 2.45) is 5.92 Å². The number of carbonyl (C=O) groups excluding carboxylic acids is 1. The van der Waals surface area contributed by atoms with Crippen LogP contribution in [-0.4, -0.2) is 33.5 Å². The lowest BCUT2D eigenvalue weighted by molar-refractivity contribution is -0.118. The van der Waals surface area contributed by atoms with Gasteiger partial charge in [-0.05, 0) is 30.5 Å². The summed E-state index contributed by atoms with van der Waals surface area (Å²) in [6, 6.07) is 4.56. The topological polar surface area (TPSA) is 83.5 Å². The van der Waals surface area contributed by atoms with Crippen LogP contribution in [0.2, 0.25) is 0 Å². The van der Waals surface area contributed by atoms with E-state index in [4.69, 9.17) is 5.11 Å². The van der Waals surface area contributed by atoms with Crippen LogP contribution in [0.25, 0.3) is 0 Å². The number of aryl methyl sites for hydroxylation is 1. The molecule has 1 amide bonds. The average molecular weight is 297 g/mol. The number of nitrogens with one attached hydrogen (secondary N) is 1. The number of rotatable bonds is 6. The van der Waals surface area contributed by atoms with E-state index in [1.165, 1.54) is 6.07 Å². The first kappa shape index (κ1) is 16.4. The van der Waals surface area contributed by atoms with Gasteiger partial charge >= 0.3 is 5.97 Å². The van der Waals surface area contributed by atoms with Crippen LogP contribution in [0.4, 0.5) is 0 Å². The van der Waals surface area contributed by atoms with E-state index in [2.05, 4.69) is 5.32 Å². The summed E-state index contributed by atoms with van der Waals surface area (Å²) >= 11 is 0. The predicted molar refractivity (Wildman–Crippen MR) is 77.3 cm³/mol. The van der Waals surface area contributed by atoms with E-state index in [1.807, 2.05) is 13.8 Å². The van der Waals surface area contributed by atoms with Gasteiger partial charge in [-0.3, -0.25) is 9.00 Å². The largest absolute Gasteiger partial charge is 0.478 e. The van der Waals surface area contributed by atoms with E-state index in [1.54, 1.807) is 19.1 Å². The molecule has 6 heteroatoms. The predicted octanol–water partition coefficient (Wildman–Crippen LogP) is 1.57. The van der Waals surface area contributed by atoms with Gasteiger partial charge in [0.15, 0.2) is 0 Å². The third kappa shape index (κ3) is 4.77. The minimum Gasteiger partial charge on any atom is -0.478 e. The van der Waals surface area contributed by atoms with Crippen molar-refractivity contribution >= 4 is 22.7 Å². The first-order valence-electron chi connectivity index (χ1n) is 6.30. The molecular weight excluding hydrogens is 278 g/mol. The number of hydrogen-bond acceptors (Lipinski definition) is 3. The molecule has 0 aromatic heterocycles. The number of aromatic carboxylic acids is 1. The van der Waals surface area contributed by atoms with Gasteiger partial charge in [-0.15, -0.1) is 0 Å². The fraction of sp³-hybridized carbons (Fsp3) is 0.429. The molecular formula is C14H19NO4S. The Morgan fingerprint density at radius 3 is 2.55 bits per heavy atom. The van der Waals surface area contributed by atoms with E-state index < -0.39 is 16.8 Å².